The van der Waals surface area contributed by atoms with Gasteiger partial charge in [-0.15, -0.1) is 0 Å². The second-order valence-electron chi connectivity index (χ2n) is 5.67. The van der Waals surface area contributed by atoms with E-state index in [1.54, 1.807) is 6.20 Å². The van der Waals surface area contributed by atoms with Gasteiger partial charge < -0.3 is 10.6 Å². The zero-order chi connectivity index (χ0) is 13.9. The highest BCUT2D eigenvalue weighted by atomic mass is 79.9. The van der Waals surface area contributed by atoms with Gasteiger partial charge in [-0.2, -0.15) is 0 Å². The largest absolute Gasteiger partial charge is 0.397 e. The lowest BCUT2D eigenvalue weighted by Gasteiger charge is -2.29. The van der Waals surface area contributed by atoms with E-state index in [-0.39, 0.29) is 0 Å². The molecule has 1 aromatic rings. The average molecular weight is 314 g/mol. The van der Waals surface area contributed by atoms with Gasteiger partial charge >= 0.3 is 0 Å². The summed E-state index contributed by atoms with van der Waals surface area (Å²) in [5, 5.41) is 0. The predicted octanol–water partition coefficient (Wildman–Crippen LogP) is 3.85. The fourth-order valence-corrected chi connectivity index (χ4v) is 2.51. The van der Waals surface area contributed by atoms with Crippen LogP contribution < -0.4 is 10.6 Å². The van der Waals surface area contributed by atoms with Crippen LogP contribution in [0.25, 0.3) is 0 Å². The molecule has 0 aliphatic rings. The molecule has 0 aliphatic heterocycles. The third-order valence-corrected chi connectivity index (χ3v) is 3.70. The van der Waals surface area contributed by atoms with E-state index in [1.165, 1.54) is 0 Å². The van der Waals surface area contributed by atoms with Crippen LogP contribution in [-0.4, -0.2) is 18.1 Å². The number of nitrogens with two attached hydrogens (primary N) is 1. The number of halogens is 1. The van der Waals surface area contributed by atoms with E-state index >= 15 is 0 Å². The monoisotopic (exact) mass is 313 g/mol. The number of aromatic nitrogens is 1. The summed E-state index contributed by atoms with van der Waals surface area (Å²) in [4.78, 5) is 6.84. The fourth-order valence-electron chi connectivity index (χ4n) is 1.93. The standard InChI is InChI=1S/C14H24BrN3/c1-9(2)7-18(8-10(3)4)14-13(15)11(5)12(16)6-17-14/h6,9-10H,7-8,16H2,1-5H3. The maximum atomic E-state index is 5.88. The zero-order valence-corrected chi connectivity index (χ0v) is 13.6. The van der Waals surface area contributed by atoms with Gasteiger partial charge in [0, 0.05) is 13.1 Å². The summed E-state index contributed by atoms with van der Waals surface area (Å²) >= 11 is 3.63. The first-order chi connectivity index (χ1) is 8.32. The summed E-state index contributed by atoms with van der Waals surface area (Å²) < 4.78 is 1.02. The van der Waals surface area contributed by atoms with Crippen molar-refractivity contribution in [3.05, 3.63) is 16.2 Å². The van der Waals surface area contributed by atoms with Gasteiger partial charge in [0.2, 0.25) is 0 Å². The number of anilines is 2. The van der Waals surface area contributed by atoms with Crippen molar-refractivity contribution in [1.29, 1.82) is 0 Å². The molecule has 0 bridgehead atoms. The molecule has 3 nitrogen and oxygen atoms in total. The van der Waals surface area contributed by atoms with Gasteiger partial charge in [-0.25, -0.2) is 4.98 Å². The Labute approximate surface area is 119 Å². The number of nitrogens with zero attached hydrogens (tertiary/aromatic N) is 2. The van der Waals surface area contributed by atoms with E-state index < -0.39 is 0 Å². The smallest absolute Gasteiger partial charge is 0.143 e. The van der Waals surface area contributed by atoms with Crippen molar-refractivity contribution < 1.29 is 0 Å². The third kappa shape index (κ3) is 3.87. The SMILES string of the molecule is Cc1c(N)cnc(N(CC(C)C)CC(C)C)c1Br. The molecule has 0 aliphatic carbocycles. The topological polar surface area (TPSA) is 42.1 Å². The third-order valence-electron chi connectivity index (χ3n) is 2.76. The fraction of sp³-hybridized carbons (Fsp3) is 0.643. The van der Waals surface area contributed by atoms with Crippen molar-refractivity contribution in [2.75, 3.05) is 23.7 Å². The number of nitrogen functional groups attached to an aromatic ring is 1. The average Bonchev–Trinajstić information content (AvgIpc) is 2.24. The van der Waals surface area contributed by atoms with E-state index in [4.69, 9.17) is 5.73 Å². The first-order valence-electron chi connectivity index (χ1n) is 6.48. The molecule has 0 aromatic carbocycles. The molecule has 0 atom stereocenters. The van der Waals surface area contributed by atoms with Gasteiger partial charge in [-0.1, -0.05) is 27.7 Å². The van der Waals surface area contributed by atoms with Crippen LogP contribution in [0.15, 0.2) is 10.7 Å². The van der Waals surface area contributed by atoms with Crippen molar-refractivity contribution in [1.82, 2.24) is 4.98 Å². The molecule has 1 aromatic heterocycles. The first kappa shape index (κ1) is 15.3. The lowest BCUT2D eigenvalue weighted by Crippen LogP contribution is -2.32. The highest BCUT2D eigenvalue weighted by Gasteiger charge is 2.16. The molecule has 0 radical (unpaired) electrons. The van der Waals surface area contributed by atoms with Crippen LogP contribution in [0.5, 0.6) is 0 Å². The molecule has 1 heterocycles. The van der Waals surface area contributed by atoms with Crippen LogP contribution in [0.1, 0.15) is 33.3 Å². The molecule has 2 N–H and O–H groups in total. The minimum atomic E-state index is 0.607. The molecule has 0 saturated heterocycles. The molecule has 0 fully saturated rings. The normalized spacial score (nSPS) is 11.3. The van der Waals surface area contributed by atoms with Crippen LogP contribution >= 0.6 is 15.9 Å². The van der Waals surface area contributed by atoms with Crippen molar-refractivity contribution in [2.45, 2.75) is 34.6 Å². The molecule has 0 spiro atoms. The van der Waals surface area contributed by atoms with Crippen molar-refractivity contribution >= 4 is 27.4 Å². The maximum absolute atomic E-state index is 5.88. The molecule has 18 heavy (non-hydrogen) atoms. The molecule has 0 amide bonds. The van der Waals surface area contributed by atoms with Crippen LogP contribution in [0, 0.1) is 18.8 Å². The van der Waals surface area contributed by atoms with Gasteiger partial charge in [-0.3, -0.25) is 0 Å². The molecule has 0 unspecified atom stereocenters. The number of hydrogen-bond acceptors (Lipinski definition) is 3. The highest BCUT2D eigenvalue weighted by Crippen LogP contribution is 2.31. The minimum Gasteiger partial charge on any atom is -0.397 e. The Balaban J connectivity index is 3.08. The Hall–Kier alpha value is -0.770. The van der Waals surface area contributed by atoms with E-state index in [0.717, 1.165) is 34.6 Å². The number of rotatable bonds is 5. The quantitative estimate of drug-likeness (QED) is 0.897. The molecular formula is C14H24BrN3. The van der Waals surface area contributed by atoms with E-state index in [2.05, 4.69) is 53.5 Å². The summed E-state index contributed by atoms with van der Waals surface area (Å²) in [5.74, 6) is 2.22. The lowest BCUT2D eigenvalue weighted by atomic mass is 10.1. The Morgan fingerprint density at radius 3 is 2.17 bits per heavy atom. The molecule has 0 saturated carbocycles. The van der Waals surface area contributed by atoms with E-state index in [0.29, 0.717) is 11.8 Å². The number of hydrogen-bond donors (Lipinski definition) is 1. The van der Waals surface area contributed by atoms with E-state index in [9.17, 15) is 0 Å². The van der Waals surface area contributed by atoms with Crippen LogP contribution in [0.3, 0.4) is 0 Å². The predicted molar refractivity (Wildman–Crippen MR) is 83.0 cm³/mol. The molecule has 102 valence electrons. The Morgan fingerprint density at radius 2 is 1.72 bits per heavy atom. The Morgan fingerprint density at radius 1 is 1.22 bits per heavy atom. The van der Waals surface area contributed by atoms with E-state index in [1.807, 2.05) is 6.92 Å². The summed E-state index contributed by atoms with van der Waals surface area (Å²) in [6, 6.07) is 0. The van der Waals surface area contributed by atoms with Crippen LogP contribution in [-0.2, 0) is 0 Å². The highest BCUT2D eigenvalue weighted by molar-refractivity contribution is 9.10. The first-order valence-corrected chi connectivity index (χ1v) is 7.27. The maximum Gasteiger partial charge on any atom is 0.143 e. The van der Waals surface area contributed by atoms with Crippen LogP contribution in [0.4, 0.5) is 11.5 Å². The second-order valence-corrected chi connectivity index (χ2v) is 6.46. The van der Waals surface area contributed by atoms with Crippen LogP contribution in [0.2, 0.25) is 0 Å². The van der Waals surface area contributed by atoms with Gasteiger partial charge in [0.1, 0.15) is 5.82 Å². The Bertz CT molecular complexity index is 392. The van der Waals surface area contributed by atoms with Gasteiger partial charge in [0.05, 0.1) is 16.4 Å². The molecule has 1 rings (SSSR count). The molecular weight excluding hydrogens is 290 g/mol. The number of pyridine rings is 1. The molecule has 4 heteroatoms. The van der Waals surface area contributed by atoms with Crippen molar-refractivity contribution in [3.63, 3.8) is 0 Å². The minimum absolute atomic E-state index is 0.607. The van der Waals surface area contributed by atoms with Crippen molar-refractivity contribution in [2.24, 2.45) is 11.8 Å². The summed E-state index contributed by atoms with van der Waals surface area (Å²) in [5.41, 5.74) is 7.68. The zero-order valence-electron chi connectivity index (χ0n) is 12.0. The van der Waals surface area contributed by atoms with Crippen molar-refractivity contribution in [3.8, 4) is 0 Å². The second kappa shape index (κ2) is 6.41. The summed E-state index contributed by atoms with van der Waals surface area (Å²) in [6.45, 7) is 12.9. The lowest BCUT2D eigenvalue weighted by molar-refractivity contribution is 0.548. The van der Waals surface area contributed by atoms with Gasteiger partial charge in [-0.05, 0) is 40.3 Å². The summed E-state index contributed by atoms with van der Waals surface area (Å²) in [7, 11) is 0. The Kier molecular flexibility index (Phi) is 5.45. The van der Waals surface area contributed by atoms with Gasteiger partial charge in [0.25, 0.3) is 0 Å². The van der Waals surface area contributed by atoms with Gasteiger partial charge in [0.15, 0.2) is 0 Å². The summed E-state index contributed by atoms with van der Waals surface area (Å²) in [6.07, 6.45) is 1.75.